The maximum absolute atomic E-state index is 5.65. The molecule has 0 aliphatic carbocycles. The molecule has 0 N–H and O–H groups in total. The zero-order chi connectivity index (χ0) is 12.3. The van der Waals surface area contributed by atoms with Crippen molar-refractivity contribution in [1.82, 2.24) is 4.98 Å². The molecule has 2 nitrogen and oxygen atoms in total. The van der Waals surface area contributed by atoms with Gasteiger partial charge in [0.1, 0.15) is 6.61 Å². The molecule has 0 bridgehead atoms. The van der Waals surface area contributed by atoms with Gasteiger partial charge in [0.25, 0.3) is 0 Å². The van der Waals surface area contributed by atoms with Crippen LogP contribution < -0.4 is 4.74 Å². The van der Waals surface area contributed by atoms with Crippen LogP contribution in [-0.4, -0.2) is 4.98 Å². The first-order chi connectivity index (χ1) is 8.16. The monoisotopic (exact) mass is 355 g/mol. The average Bonchev–Trinajstić information content (AvgIpc) is 2.32. The van der Waals surface area contributed by atoms with E-state index in [0.29, 0.717) is 12.5 Å². The molecule has 0 amide bonds. The molecular weight excluding hydrogens is 346 g/mol. The molecule has 1 heterocycles. The van der Waals surface area contributed by atoms with Gasteiger partial charge < -0.3 is 4.74 Å². The zero-order valence-electron chi connectivity index (χ0n) is 9.28. The van der Waals surface area contributed by atoms with Crippen molar-refractivity contribution < 1.29 is 4.74 Å². The molecule has 1 aromatic heterocycles. The summed E-state index contributed by atoms with van der Waals surface area (Å²) >= 11 is 6.90. The largest absolute Gasteiger partial charge is 0.473 e. The molecule has 2 rings (SSSR count). The van der Waals surface area contributed by atoms with E-state index in [9.17, 15) is 0 Å². The summed E-state index contributed by atoms with van der Waals surface area (Å²) in [6, 6.07) is 11.8. The molecule has 4 heteroatoms. The van der Waals surface area contributed by atoms with Gasteiger partial charge in [0.15, 0.2) is 0 Å². The summed E-state index contributed by atoms with van der Waals surface area (Å²) in [5, 5.41) is 0. The second-order valence-corrected chi connectivity index (χ2v) is 5.31. The van der Waals surface area contributed by atoms with Crippen LogP contribution in [0.1, 0.15) is 11.3 Å². The van der Waals surface area contributed by atoms with Gasteiger partial charge in [-0.05, 0) is 35.0 Å². The van der Waals surface area contributed by atoms with Gasteiger partial charge in [0.2, 0.25) is 5.88 Å². The van der Waals surface area contributed by atoms with Crippen LogP contribution in [0.15, 0.2) is 45.3 Å². The Morgan fingerprint density at radius 1 is 1.06 bits per heavy atom. The molecular formula is C13H11Br2NO. The topological polar surface area (TPSA) is 22.1 Å². The molecule has 0 fully saturated rings. The SMILES string of the molecule is Cc1nc(OCc2ccccc2Br)ccc1Br. The highest BCUT2D eigenvalue weighted by molar-refractivity contribution is 9.10. The van der Waals surface area contributed by atoms with E-state index in [0.717, 1.165) is 20.2 Å². The average molecular weight is 357 g/mol. The first-order valence-electron chi connectivity index (χ1n) is 5.16. The number of benzene rings is 1. The third-order valence-corrected chi connectivity index (χ3v) is 3.94. The van der Waals surface area contributed by atoms with Gasteiger partial charge >= 0.3 is 0 Å². The summed E-state index contributed by atoms with van der Waals surface area (Å²) in [6.07, 6.45) is 0. The van der Waals surface area contributed by atoms with Crippen LogP contribution in [0.2, 0.25) is 0 Å². The van der Waals surface area contributed by atoms with E-state index in [1.54, 1.807) is 0 Å². The van der Waals surface area contributed by atoms with Crippen LogP contribution >= 0.6 is 31.9 Å². The van der Waals surface area contributed by atoms with Crippen LogP contribution in [0.4, 0.5) is 0 Å². The smallest absolute Gasteiger partial charge is 0.213 e. The third kappa shape index (κ3) is 3.30. The lowest BCUT2D eigenvalue weighted by Gasteiger charge is -2.08. The fourth-order valence-corrected chi connectivity index (χ4v) is 1.99. The van der Waals surface area contributed by atoms with E-state index >= 15 is 0 Å². The molecule has 0 aliphatic rings. The zero-order valence-corrected chi connectivity index (χ0v) is 12.5. The van der Waals surface area contributed by atoms with Crippen LogP contribution in [-0.2, 0) is 6.61 Å². The Morgan fingerprint density at radius 3 is 2.53 bits per heavy atom. The molecule has 0 spiro atoms. The Labute approximate surface area is 117 Å². The van der Waals surface area contributed by atoms with E-state index in [4.69, 9.17) is 4.74 Å². The number of pyridine rings is 1. The van der Waals surface area contributed by atoms with Gasteiger partial charge in [0.05, 0.1) is 5.69 Å². The minimum atomic E-state index is 0.509. The number of hydrogen-bond acceptors (Lipinski definition) is 2. The van der Waals surface area contributed by atoms with E-state index in [-0.39, 0.29) is 0 Å². The maximum atomic E-state index is 5.65. The van der Waals surface area contributed by atoms with E-state index in [1.165, 1.54) is 0 Å². The van der Waals surface area contributed by atoms with E-state index < -0.39 is 0 Å². The lowest BCUT2D eigenvalue weighted by Crippen LogP contribution is -1.98. The number of aromatic nitrogens is 1. The van der Waals surface area contributed by atoms with Crippen molar-refractivity contribution >= 4 is 31.9 Å². The van der Waals surface area contributed by atoms with Gasteiger partial charge in [-0.3, -0.25) is 0 Å². The third-order valence-electron chi connectivity index (χ3n) is 2.33. The fourth-order valence-electron chi connectivity index (χ4n) is 1.37. The molecule has 2 aromatic rings. The lowest BCUT2D eigenvalue weighted by atomic mass is 10.2. The molecule has 0 unspecified atom stereocenters. The first-order valence-corrected chi connectivity index (χ1v) is 6.75. The number of nitrogens with zero attached hydrogens (tertiary/aromatic N) is 1. The van der Waals surface area contributed by atoms with Crippen molar-refractivity contribution in [2.75, 3.05) is 0 Å². The number of hydrogen-bond donors (Lipinski definition) is 0. The van der Waals surface area contributed by atoms with Crippen molar-refractivity contribution in [1.29, 1.82) is 0 Å². The second kappa shape index (κ2) is 5.65. The Hall–Kier alpha value is -0.870. The standard InChI is InChI=1S/C13H11Br2NO/c1-9-11(14)6-7-13(16-9)17-8-10-4-2-3-5-12(10)15/h2-7H,8H2,1H3. The fraction of sp³-hybridized carbons (Fsp3) is 0.154. The van der Waals surface area contributed by atoms with Gasteiger partial charge in [0, 0.05) is 20.6 Å². The number of rotatable bonds is 3. The quantitative estimate of drug-likeness (QED) is 0.808. The summed E-state index contributed by atoms with van der Waals surface area (Å²) in [5.74, 6) is 0.640. The Balaban J connectivity index is 2.08. The summed E-state index contributed by atoms with van der Waals surface area (Å²) in [7, 11) is 0. The minimum absolute atomic E-state index is 0.509. The van der Waals surface area contributed by atoms with Gasteiger partial charge in [-0.25, -0.2) is 4.98 Å². The molecule has 0 aliphatic heterocycles. The molecule has 0 atom stereocenters. The predicted octanol–water partition coefficient (Wildman–Crippen LogP) is 4.49. The normalized spacial score (nSPS) is 10.3. The summed E-state index contributed by atoms with van der Waals surface area (Å²) < 4.78 is 7.69. The van der Waals surface area contributed by atoms with Crippen molar-refractivity contribution in [3.05, 3.63) is 56.6 Å². The summed E-state index contributed by atoms with van der Waals surface area (Å²) in [5.41, 5.74) is 2.03. The second-order valence-electron chi connectivity index (χ2n) is 3.60. The highest BCUT2D eigenvalue weighted by Crippen LogP contribution is 2.20. The number of aryl methyl sites for hydroxylation is 1. The minimum Gasteiger partial charge on any atom is -0.473 e. The Morgan fingerprint density at radius 2 is 1.82 bits per heavy atom. The first kappa shape index (κ1) is 12.6. The molecule has 1 aromatic carbocycles. The van der Waals surface area contributed by atoms with Crippen molar-refractivity contribution in [3.8, 4) is 5.88 Å². The van der Waals surface area contributed by atoms with Gasteiger partial charge in [-0.1, -0.05) is 34.1 Å². The highest BCUT2D eigenvalue weighted by Gasteiger charge is 2.02. The molecule has 0 saturated carbocycles. The maximum Gasteiger partial charge on any atom is 0.213 e. The predicted molar refractivity (Wildman–Crippen MR) is 75.1 cm³/mol. The number of halogens is 2. The van der Waals surface area contributed by atoms with Crippen LogP contribution in [0, 0.1) is 6.92 Å². The Kier molecular flexibility index (Phi) is 4.18. The van der Waals surface area contributed by atoms with Gasteiger partial charge in [-0.2, -0.15) is 0 Å². The summed E-state index contributed by atoms with van der Waals surface area (Å²) in [6.45, 7) is 2.45. The van der Waals surface area contributed by atoms with E-state index in [1.807, 2.05) is 43.3 Å². The Bertz CT molecular complexity index is 529. The van der Waals surface area contributed by atoms with Crippen molar-refractivity contribution in [2.45, 2.75) is 13.5 Å². The molecule has 88 valence electrons. The van der Waals surface area contributed by atoms with Crippen molar-refractivity contribution in [3.63, 3.8) is 0 Å². The van der Waals surface area contributed by atoms with Crippen LogP contribution in [0.3, 0.4) is 0 Å². The summed E-state index contributed by atoms with van der Waals surface area (Å²) in [4.78, 5) is 4.33. The highest BCUT2D eigenvalue weighted by atomic mass is 79.9. The molecule has 0 saturated heterocycles. The van der Waals surface area contributed by atoms with Crippen LogP contribution in [0.5, 0.6) is 5.88 Å². The van der Waals surface area contributed by atoms with Crippen LogP contribution in [0.25, 0.3) is 0 Å². The molecule has 0 radical (unpaired) electrons. The van der Waals surface area contributed by atoms with E-state index in [2.05, 4.69) is 36.8 Å². The molecule has 17 heavy (non-hydrogen) atoms. The van der Waals surface area contributed by atoms with Gasteiger partial charge in [-0.15, -0.1) is 0 Å². The van der Waals surface area contributed by atoms with Crippen molar-refractivity contribution in [2.24, 2.45) is 0 Å². The number of ether oxygens (including phenoxy) is 1. The lowest BCUT2D eigenvalue weighted by molar-refractivity contribution is 0.292.